The average molecular weight is 286 g/mol. The van der Waals surface area contributed by atoms with Crippen molar-refractivity contribution in [2.45, 2.75) is 19.8 Å². The summed E-state index contributed by atoms with van der Waals surface area (Å²) in [6.07, 6.45) is 5.69. The molecule has 0 bridgehead atoms. The lowest BCUT2D eigenvalue weighted by Crippen LogP contribution is -2.33. The maximum Gasteiger partial charge on any atom is 0.222 e. The minimum Gasteiger partial charge on any atom is -0.381 e. The van der Waals surface area contributed by atoms with Crippen LogP contribution in [0.2, 0.25) is 0 Å². The molecule has 0 radical (unpaired) electrons. The van der Waals surface area contributed by atoms with E-state index in [-0.39, 0.29) is 0 Å². The largest absolute Gasteiger partial charge is 0.381 e. The van der Waals surface area contributed by atoms with Gasteiger partial charge < -0.3 is 10.1 Å². The molecule has 1 aromatic heterocycles. The Morgan fingerprint density at radius 2 is 2.00 bits per heavy atom. The molecule has 1 aromatic rings. The van der Waals surface area contributed by atoms with Gasteiger partial charge >= 0.3 is 0 Å². The number of nitrogens with zero attached hydrogens (tertiary/aromatic N) is 2. The van der Waals surface area contributed by atoms with Gasteiger partial charge in [0.2, 0.25) is 5.95 Å². The summed E-state index contributed by atoms with van der Waals surface area (Å²) in [6, 6.07) is 0. The lowest BCUT2D eigenvalue weighted by molar-refractivity contribution is 0.0299. The Bertz CT molecular complexity index is 336. The second kappa shape index (κ2) is 5.10. The Hall–Kier alpha value is -0.680. The number of hydrogen-bond donors (Lipinski definition) is 1. The molecule has 2 heterocycles. The molecule has 1 saturated heterocycles. The summed E-state index contributed by atoms with van der Waals surface area (Å²) >= 11 is 3.31. The first-order valence-corrected chi connectivity index (χ1v) is 6.26. The standard InChI is InChI=1S/C11H16BrN3O/c1-11(2-4-16-5-3-11)8-15-10-13-6-9(12)7-14-10/h6-7H,2-5,8H2,1H3,(H,13,14,15). The van der Waals surface area contributed by atoms with Crippen molar-refractivity contribution in [3.8, 4) is 0 Å². The minimum atomic E-state index is 0.300. The summed E-state index contributed by atoms with van der Waals surface area (Å²) in [6.45, 7) is 4.90. The fourth-order valence-electron chi connectivity index (χ4n) is 1.74. The number of nitrogens with one attached hydrogen (secondary N) is 1. The van der Waals surface area contributed by atoms with Gasteiger partial charge in [-0.15, -0.1) is 0 Å². The van der Waals surface area contributed by atoms with Crippen LogP contribution in [0.3, 0.4) is 0 Å². The van der Waals surface area contributed by atoms with Crippen molar-refractivity contribution < 1.29 is 4.74 Å². The molecule has 88 valence electrons. The van der Waals surface area contributed by atoms with Gasteiger partial charge in [-0.25, -0.2) is 9.97 Å². The van der Waals surface area contributed by atoms with E-state index in [9.17, 15) is 0 Å². The second-order valence-corrected chi connectivity index (χ2v) is 5.42. The lowest BCUT2D eigenvalue weighted by atomic mass is 9.82. The molecule has 5 heteroatoms. The van der Waals surface area contributed by atoms with Crippen LogP contribution in [0.15, 0.2) is 16.9 Å². The Labute approximate surface area is 104 Å². The van der Waals surface area contributed by atoms with Crippen molar-refractivity contribution in [1.82, 2.24) is 9.97 Å². The molecule has 0 spiro atoms. The zero-order valence-electron chi connectivity index (χ0n) is 9.37. The van der Waals surface area contributed by atoms with E-state index in [1.807, 2.05) is 0 Å². The van der Waals surface area contributed by atoms with Crippen LogP contribution in [-0.4, -0.2) is 29.7 Å². The van der Waals surface area contributed by atoms with E-state index in [4.69, 9.17) is 4.74 Å². The first-order chi connectivity index (χ1) is 7.68. The molecule has 16 heavy (non-hydrogen) atoms. The normalized spacial score (nSPS) is 19.4. The van der Waals surface area contributed by atoms with Crippen molar-refractivity contribution in [2.75, 3.05) is 25.1 Å². The molecule has 0 saturated carbocycles. The molecule has 0 atom stereocenters. The molecule has 1 aliphatic rings. The number of aromatic nitrogens is 2. The van der Waals surface area contributed by atoms with Gasteiger partial charge in [-0.1, -0.05) is 6.92 Å². The van der Waals surface area contributed by atoms with Crippen molar-refractivity contribution >= 4 is 21.9 Å². The van der Waals surface area contributed by atoms with Crippen molar-refractivity contribution in [1.29, 1.82) is 0 Å². The molecule has 1 N–H and O–H groups in total. The van der Waals surface area contributed by atoms with Crippen LogP contribution in [0.5, 0.6) is 0 Å². The van der Waals surface area contributed by atoms with E-state index in [0.29, 0.717) is 11.4 Å². The van der Waals surface area contributed by atoms with Crippen LogP contribution in [0.1, 0.15) is 19.8 Å². The van der Waals surface area contributed by atoms with Crippen LogP contribution in [0.25, 0.3) is 0 Å². The van der Waals surface area contributed by atoms with E-state index in [2.05, 4.69) is 38.1 Å². The van der Waals surface area contributed by atoms with Crippen molar-refractivity contribution in [2.24, 2.45) is 5.41 Å². The predicted molar refractivity (Wildman–Crippen MR) is 66.4 cm³/mol. The quantitative estimate of drug-likeness (QED) is 0.927. The van der Waals surface area contributed by atoms with Crippen LogP contribution in [0, 0.1) is 5.41 Å². The summed E-state index contributed by atoms with van der Waals surface area (Å²) in [4.78, 5) is 8.39. The second-order valence-electron chi connectivity index (χ2n) is 4.50. The third-order valence-corrected chi connectivity index (χ3v) is 3.40. The number of hydrogen-bond acceptors (Lipinski definition) is 4. The summed E-state index contributed by atoms with van der Waals surface area (Å²) in [5, 5.41) is 3.28. The number of rotatable bonds is 3. The smallest absolute Gasteiger partial charge is 0.222 e. The highest BCUT2D eigenvalue weighted by molar-refractivity contribution is 9.10. The van der Waals surface area contributed by atoms with Crippen LogP contribution in [-0.2, 0) is 4.74 Å². The first kappa shape index (κ1) is 11.8. The molecule has 4 nitrogen and oxygen atoms in total. The molecule has 0 aromatic carbocycles. The lowest BCUT2D eigenvalue weighted by Gasteiger charge is -2.33. The van der Waals surface area contributed by atoms with E-state index in [1.165, 1.54) is 0 Å². The van der Waals surface area contributed by atoms with Gasteiger partial charge in [-0.05, 0) is 34.2 Å². The predicted octanol–water partition coefficient (Wildman–Crippen LogP) is 2.47. The fourth-order valence-corrected chi connectivity index (χ4v) is 1.94. The molecule has 0 amide bonds. The summed E-state index contributed by atoms with van der Waals surface area (Å²) in [5.74, 6) is 0.691. The molecule has 0 unspecified atom stereocenters. The third kappa shape index (κ3) is 3.15. The highest BCUT2D eigenvalue weighted by Gasteiger charge is 2.27. The maximum atomic E-state index is 5.37. The van der Waals surface area contributed by atoms with Gasteiger partial charge in [-0.2, -0.15) is 0 Å². The molecular weight excluding hydrogens is 270 g/mol. The van der Waals surface area contributed by atoms with Crippen molar-refractivity contribution in [3.05, 3.63) is 16.9 Å². The van der Waals surface area contributed by atoms with Gasteiger partial charge in [0, 0.05) is 32.2 Å². The van der Waals surface area contributed by atoms with Gasteiger partial charge in [0.05, 0.1) is 4.47 Å². The minimum absolute atomic E-state index is 0.300. The Kier molecular flexibility index (Phi) is 3.76. The zero-order chi connectivity index (χ0) is 11.4. The van der Waals surface area contributed by atoms with Gasteiger partial charge in [0.15, 0.2) is 0 Å². The third-order valence-electron chi connectivity index (χ3n) is 2.99. The Morgan fingerprint density at radius 3 is 2.62 bits per heavy atom. The molecule has 2 rings (SSSR count). The number of anilines is 1. The van der Waals surface area contributed by atoms with E-state index < -0.39 is 0 Å². The van der Waals surface area contributed by atoms with Crippen LogP contribution in [0.4, 0.5) is 5.95 Å². The Morgan fingerprint density at radius 1 is 1.38 bits per heavy atom. The van der Waals surface area contributed by atoms with Crippen LogP contribution >= 0.6 is 15.9 Å². The molecule has 0 aliphatic carbocycles. The molecule has 1 aliphatic heterocycles. The highest BCUT2D eigenvalue weighted by Crippen LogP contribution is 2.29. The summed E-state index contributed by atoms with van der Waals surface area (Å²) in [5.41, 5.74) is 0.300. The van der Waals surface area contributed by atoms with E-state index in [1.54, 1.807) is 12.4 Å². The Balaban J connectivity index is 1.88. The molecule has 1 fully saturated rings. The SMILES string of the molecule is CC1(CNc2ncc(Br)cn2)CCOCC1. The van der Waals surface area contributed by atoms with Gasteiger partial charge in [0.1, 0.15) is 0 Å². The van der Waals surface area contributed by atoms with Crippen molar-refractivity contribution in [3.63, 3.8) is 0 Å². The van der Waals surface area contributed by atoms with E-state index in [0.717, 1.165) is 37.1 Å². The molecular formula is C11H16BrN3O. The topological polar surface area (TPSA) is 47.0 Å². The highest BCUT2D eigenvalue weighted by atomic mass is 79.9. The fraction of sp³-hybridized carbons (Fsp3) is 0.636. The number of ether oxygens (including phenoxy) is 1. The zero-order valence-corrected chi connectivity index (χ0v) is 11.0. The number of halogens is 1. The monoisotopic (exact) mass is 285 g/mol. The first-order valence-electron chi connectivity index (χ1n) is 5.47. The summed E-state index contributed by atoms with van der Waals surface area (Å²) in [7, 11) is 0. The van der Waals surface area contributed by atoms with E-state index >= 15 is 0 Å². The van der Waals surface area contributed by atoms with Gasteiger partial charge in [0.25, 0.3) is 0 Å². The summed E-state index contributed by atoms with van der Waals surface area (Å²) < 4.78 is 6.27. The van der Waals surface area contributed by atoms with Crippen LogP contribution < -0.4 is 5.32 Å². The average Bonchev–Trinajstić information content (AvgIpc) is 2.29. The van der Waals surface area contributed by atoms with Gasteiger partial charge in [-0.3, -0.25) is 0 Å². The maximum absolute atomic E-state index is 5.37.